The number of nitrogens with one attached hydrogen (secondary N) is 1. The van der Waals surface area contributed by atoms with Crippen LogP contribution in [0.5, 0.6) is 0 Å². The molecule has 21 heavy (non-hydrogen) atoms. The second-order valence-corrected chi connectivity index (χ2v) is 7.88. The van der Waals surface area contributed by atoms with E-state index in [0.717, 1.165) is 30.1 Å². The van der Waals surface area contributed by atoms with E-state index in [1.807, 2.05) is 6.20 Å². The zero-order valence-corrected chi connectivity index (χ0v) is 14.1. The molecule has 112 valence electrons. The Bertz CT molecular complexity index is 653. The number of halogens is 1. The second kappa shape index (κ2) is 5.63. The van der Waals surface area contributed by atoms with E-state index >= 15 is 0 Å². The third kappa shape index (κ3) is 3.10. The Labute approximate surface area is 134 Å². The van der Waals surface area contributed by atoms with E-state index in [1.165, 1.54) is 16.9 Å². The first-order chi connectivity index (χ1) is 9.98. The van der Waals surface area contributed by atoms with Gasteiger partial charge in [0.1, 0.15) is 4.34 Å². The van der Waals surface area contributed by atoms with Gasteiger partial charge >= 0.3 is 0 Å². The van der Waals surface area contributed by atoms with Crippen LogP contribution in [0.15, 0.2) is 12.4 Å². The molecule has 1 atom stereocenters. The van der Waals surface area contributed by atoms with Crippen molar-refractivity contribution in [1.82, 2.24) is 20.3 Å². The lowest BCUT2D eigenvalue weighted by Crippen LogP contribution is -2.34. The number of rotatable bonds is 3. The maximum atomic E-state index is 5.95. The Kier molecular flexibility index (Phi) is 3.99. The lowest BCUT2D eigenvalue weighted by Gasteiger charge is -2.36. The highest BCUT2D eigenvalue weighted by molar-refractivity contribution is 7.18. The van der Waals surface area contributed by atoms with Gasteiger partial charge in [-0.15, -0.1) is 0 Å². The quantitative estimate of drug-likeness (QED) is 0.931. The van der Waals surface area contributed by atoms with Crippen molar-refractivity contribution >= 4 is 22.9 Å². The SMILES string of the molecule is CCNC1CC(C)(C)Cc2nc(-c3ncc(Cl)s3)ncc21. The first-order valence-corrected chi connectivity index (χ1v) is 8.39. The summed E-state index contributed by atoms with van der Waals surface area (Å²) in [7, 11) is 0. The fraction of sp³-hybridized carbons (Fsp3) is 0.533. The maximum absolute atomic E-state index is 5.95. The highest BCUT2D eigenvalue weighted by atomic mass is 35.5. The van der Waals surface area contributed by atoms with E-state index < -0.39 is 0 Å². The van der Waals surface area contributed by atoms with Crippen LogP contribution in [-0.4, -0.2) is 21.5 Å². The molecule has 0 saturated carbocycles. The molecule has 6 heteroatoms. The largest absolute Gasteiger partial charge is 0.310 e. The molecule has 0 saturated heterocycles. The van der Waals surface area contributed by atoms with Gasteiger partial charge in [-0.1, -0.05) is 43.7 Å². The van der Waals surface area contributed by atoms with Gasteiger partial charge in [-0.25, -0.2) is 15.0 Å². The summed E-state index contributed by atoms with van der Waals surface area (Å²) in [6.07, 6.45) is 5.68. The molecule has 1 aliphatic carbocycles. The Hall–Kier alpha value is -1.04. The molecule has 0 spiro atoms. The Morgan fingerprint density at radius 1 is 1.38 bits per heavy atom. The van der Waals surface area contributed by atoms with E-state index in [9.17, 15) is 0 Å². The van der Waals surface area contributed by atoms with Crippen LogP contribution in [0.1, 0.15) is 44.5 Å². The predicted molar refractivity (Wildman–Crippen MR) is 86.7 cm³/mol. The average molecular weight is 323 g/mol. The Morgan fingerprint density at radius 2 is 2.19 bits per heavy atom. The van der Waals surface area contributed by atoms with Gasteiger partial charge in [0, 0.05) is 23.5 Å². The molecular weight excluding hydrogens is 304 g/mol. The van der Waals surface area contributed by atoms with E-state index in [4.69, 9.17) is 16.6 Å². The summed E-state index contributed by atoms with van der Waals surface area (Å²) in [6.45, 7) is 7.67. The maximum Gasteiger partial charge on any atom is 0.188 e. The van der Waals surface area contributed by atoms with E-state index in [2.05, 4.69) is 36.1 Å². The average Bonchev–Trinajstić information content (AvgIpc) is 2.84. The van der Waals surface area contributed by atoms with Gasteiger partial charge in [0.15, 0.2) is 10.8 Å². The molecule has 4 nitrogen and oxygen atoms in total. The zero-order chi connectivity index (χ0) is 15.0. The van der Waals surface area contributed by atoms with Gasteiger partial charge in [-0.05, 0) is 24.8 Å². The molecule has 0 bridgehead atoms. The second-order valence-electron chi connectivity index (χ2n) is 6.22. The van der Waals surface area contributed by atoms with Crippen LogP contribution < -0.4 is 5.32 Å². The van der Waals surface area contributed by atoms with Gasteiger partial charge in [0.2, 0.25) is 0 Å². The monoisotopic (exact) mass is 322 g/mol. The number of hydrogen-bond donors (Lipinski definition) is 1. The predicted octanol–water partition coefficient (Wildman–Crippen LogP) is 3.88. The summed E-state index contributed by atoms with van der Waals surface area (Å²) in [5.41, 5.74) is 2.60. The van der Waals surface area contributed by atoms with Crippen LogP contribution in [0.4, 0.5) is 0 Å². The van der Waals surface area contributed by atoms with Crippen molar-refractivity contribution in [2.24, 2.45) is 5.41 Å². The summed E-state index contributed by atoms with van der Waals surface area (Å²) in [5, 5.41) is 4.33. The minimum atomic E-state index is 0.242. The molecule has 0 fully saturated rings. The number of nitrogens with zero attached hydrogens (tertiary/aromatic N) is 3. The standard InChI is InChI=1S/C15H19ClN4S/c1-4-17-10-5-15(2,3)6-11-9(10)7-18-13(20-11)14-19-8-12(16)21-14/h7-8,10,17H,4-6H2,1-3H3. The third-order valence-corrected chi connectivity index (χ3v) is 4.91. The molecule has 2 aromatic heterocycles. The van der Waals surface area contributed by atoms with Crippen molar-refractivity contribution in [3.05, 3.63) is 28.0 Å². The van der Waals surface area contributed by atoms with Crippen molar-refractivity contribution in [2.75, 3.05) is 6.54 Å². The van der Waals surface area contributed by atoms with Gasteiger partial charge in [-0.3, -0.25) is 0 Å². The van der Waals surface area contributed by atoms with E-state index in [-0.39, 0.29) is 5.41 Å². The number of fused-ring (bicyclic) bond motifs is 1. The first-order valence-electron chi connectivity index (χ1n) is 7.19. The molecule has 0 amide bonds. The Morgan fingerprint density at radius 3 is 2.86 bits per heavy atom. The van der Waals surface area contributed by atoms with Crippen LogP contribution in [0.3, 0.4) is 0 Å². The fourth-order valence-corrected chi connectivity index (χ4v) is 3.79. The first kappa shape index (κ1) is 14.9. The highest BCUT2D eigenvalue weighted by Crippen LogP contribution is 2.40. The molecule has 0 radical (unpaired) electrons. The lowest BCUT2D eigenvalue weighted by molar-refractivity contribution is 0.255. The van der Waals surface area contributed by atoms with Gasteiger partial charge < -0.3 is 5.32 Å². The van der Waals surface area contributed by atoms with Crippen molar-refractivity contribution in [2.45, 2.75) is 39.7 Å². The molecular formula is C15H19ClN4S. The zero-order valence-electron chi connectivity index (χ0n) is 12.5. The normalized spacial score (nSPS) is 20.3. The molecule has 0 aliphatic heterocycles. The molecule has 2 aromatic rings. The van der Waals surface area contributed by atoms with Gasteiger partial charge in [0.05, 0.1) is 6.20 Å². The van der Waals surface area contributed by atoms with Crippen molar-refractivity contribution in [1.29, 1.82) is 0 Å². The summed E-state index contributed by atoms with van der Waals surface area (Å²) in [6, 6.07) is 0.336. The number of thiazole rings is 1. The summed E-state index contributed by atoms with van der Waals surface area (Å²) >= 11 is 7.37. The van der Waals surface area contributed by atoms with Crippen molar-refractivity contribution in [3.8, 4) is 10.8 Å². The van der Waals surface area contributed by atoms with Crippen molar-refractivity contribution < 1.29 is 0 Å². The summed E-state index contributed by atoms with van der Waals surface area (Å²) < 4.78 is 0.664. The molecule has 0 aromatic carbocycles. The highest BCUT2D eigenvalue weighted by Gasteiger charge is 2.33. The van der Waals surface area contributed by atoms with Crippen LogP contribution in [-0.2, 0) is 6.42 Å². The molecule has 2 heterocycles. The van der Waals surface area contributed by atoms with Crippen LogP contribution in [0.25, 0.3) is 10.8 Å². The van der Waals surface area contributed by atoms with Crippen LogP contribution >= 0.6 is 22.9 Å². The van der Waals surface area contributed by atoms with Crippen LogP contribution in [0.2, 0.25) is 4.34 Å². The smallest absolute Gasteiger partial charge is 0.188 e. The summed E-state index contributed by atoms with van der Waals surface area (Å²) in [4.78, 5) is 13.5. The number of aromatic nitrogens is 3. The third-order valence-electron chi connectivity index (χ3n) is 3.80. The molecule has 1 unspecified atom stereocenters. The van der Waals surface area contributed by atoms with Gasteiger partial charge in [-0.2, -0.15) is 0 Å². The van der Waals surface area contributed by atoms with E-state index in [0.29, 0.717) is 16.2 Å². The minimum absolute atomic E-state index is 0.242. The van der Waals surface area contributed by atoms with Crippen LogP contribution in [0, 0.1) is 5.41 Å². The molecule has 1 N–H and O–H groups in total. The summed E-state index contributed by atoms with van der Waals surface area (Å²) in [5.74, 6) is 0.679. The molecule has 3 rings (SSSR count). The lowest BCUT2D eigenvalue weighted by atomic mass is 9.74. The topological polar surface area (TPSA) is 50.7 Å². The van der Waals surface area contributed by atoms with E-state index in [1.54, 1.807) is 6.20 Å². The fourth-order valence-electron chi connectivity index (χ4n) is 2.94. The number of hydrogen-bond acceptors (Lipinski definition) is 5. The van der Waals surface area contributed by atoms with Gasteiger partial charge in [0.25, 0.3) is 0 Å². The van der Waals surface area contributed by atoms with Crippen molar-refractivity contribution in [3.63, 3.8) is 0 Å². The Balaban J connectivity index is 2.00. The molecule has 1 aliphatic rings. The minimum Gasteiger partial charge on any atom is -0.310 e.